The van der Waals surface area contributed by atoms with Gasteiger partial charge in [-0.1, -0.05) is 11.6 Å². The lowest BCUT2D eigenvalue weighted by Crippen LogP contribution is -2.58. The third-order valence-corrected chi connectivity index (χ3v) is 9.89. The molecule has 2 aliphatic heterocycles. The molecule has 44 heavy (non-hydrogen) atoms. The van der Waals surface area contributed by atoms with Crippen LogP contribution in [0.2, 0.25) is 5.02 Å². The Bertz CT molecular complexity index is 1830. The Morgan fingerprint density at radius 3 is 2.59 bits per heavy atom. The van der Waals surface area contributed by atoms with Gasteiger partial charge in [0.05, 0.1) is 16.5 Å². The normalized spacial score (nSPS) is 25.9. The number of aromatic nitrogens is 4. The zero-order valence-electron chi connectivity index (χ0n) is 25.2. The van der Waals surface area contributed by atoms with Crippen LogP contribution in [0, 0.1) is 30.9 Å². The highest BCUT2D eigenvalue weighted by Crippen LogP contribution is 2.60. The zero-order valence-corrected chi connectivity index (χ0v) is 26.0. The lowest BCUT2D eigenvalue weighted by atomic mass is 9.93. The van der Waals surface area contributed by atoms with Crippen LogP contribution in [-0.2, 0) is 0 Å². The second-order valence-electron chi connectivity index (χ2n) is 13.4. The van der Waals surface area contributed by atoms with Crippen molar-refractivity contribution in [3.63, 3.8) is 0 Å². The van der Waals surface area contributed by atoms with Gasteiger partial charge in [0.2, 0.25) is 0 Å². The average molecular weight is 632 g/mol. The first-order valence-corrected chi connectivity index (χ1v) is 15.1. The lowest BCUT2D eigenvalue weighted by Gasteiger charge is -2.40. The number of alkyl halides is 2. The minimum absolute atomic E-state index is 0.107. The van der Waals surface area contributed by atoms with Crippen molar-refractivity contribution in [1.29, 1.82) is 0 Å². The third-order valence-electron chi connectivity index (χ3n) is 9.50. The first kappa shape index (κ1) is 29.5. The molecule has 3 aliphatic rings. The highest BCUT2D eigenvalue weighted by atomic mass is 35.5. The number of aromatic amines is 1. The fourth-order valence-electron chi connectivity index (χ4n) is 7.28. The molecule has 13 heteroatoms. The Kier molecular flexibility index (Phi) is 6.63. The lowest BCUT2D eigenvalue weighted by molar-refractivity contribution is 0.0288. The number of anilines is 1. The Balaban J connectivity index is 1.41. The van der Waals surface area contributed by atoms with Gasteiger partial charge in [0.25, 0.3) is 5.92 Å². The van der Waals surface area contributed by atoms with E-state index in [1.54, 1.807) is 38.9 Å². The Hall–Kier alpha value is -3.22. The average Bonchev–Trinajstić information content (AvgIpc) is 3.14. The van der Waals surface area contributed by atoms with Crippen molar-refractivity contribution < 1.29 is 22.3 Å². The molecule has 0 amide bonds. The molecule has 7 rings (SSSR count). The smallest absolute Gasteiger partial charge is 0.319 e. The monoisotopic (exact) mass is 631 g/mol. The molecule has 2 saturated heterocycles. The summed E-state index contributed by atoms with van der Waals surface area (Å²) in [6.07, 6.45) is 1.58. The molecule has 2 aromatic carbocycles. The summed E-state index contributed by atoms with van der Waals surface area (Å²) in [4.78, 5) is 12.7. The van der Waals surface area contributed by atoms with Crippen LogP contribution in [0.5, 0.6) is 6.01 Å². The molecule has 4 heterocycles. The number of halogens is 5. The van der Waals surface area contributed by atoms with Crippen molar-refractivity contribution in [1.82, 2.24) is 30.4 Å². The minimum Gasteiger partial charge on any atom is -0.463 e. The molecule has 0 unspecified atom stereocenters. The summed E-state index contributed by atoms with van der Waals surface area (Å²) in [7, 11) is 3.45. The van der Waals surface area contributed by atoms with E-state index < -0.39 is 23.0 Å². The predicted molar refractivity (Wildman–Crippen MR) is 162 cm³/mol. The Morgan fingerprint density at radius 2 is 1.91 bits per heavy atom. The van der Waals surface area contributed by atoms with Gasteiger partial charge in [-0.15, -0.1) is 0 Å². The van der Waals surface area contributed by atoms with Crippen molar-refractivity contribution in [2.75, 3.05) is 45.2 Å². The van der Waals surface area contributed by atoms with E-state index in [2.05, 4.69) is 32.4 Å². The predicted octanol–water partition coefficient (Wildman–Crippen LogP) is 6.02. The number of rotatable bonds is 7. The highest BCUT2D eigenvalue weighted by molar-refractivity contribution is 6.33. The van der Waals surface area contributed by atoms with Gasteiger partial charge in [0.1, 0.15) is 23.8 Å². The van der Waals surface area contributed by atoms with Crippen LogP contribution in [0.15, 0.2) is 12.1 Å². The molecule has 0 radical (unpaired) electrons. The molecule has 3 atom stereocenters. The topological polar surface area (TPSA) is 82.2 Å². The van der Waals surface area contributed by atoms with Crippen LogP contribution >= 0.6 is 11.6 Å². The highest BCUT2D eigenvalue weighted by Gasteiger charge is 2.71. The number of H-pyrrole nitrogens is 1. The van der Waals surface area contributed by atoms with E-state index in [0.717, 1.165) is 12.8 Å². The quantitative estimate of drug-likeness (QED) is 0.242. The van der Waals surface area contributed by atoms with Gasteiger partial charge in [0, 0.05) is 64.7 Å². The van der Waals surface area contributed by atoms with Crippen LogP contribution in [0.4, 0.5) is 23.4 Å². The molecule has 2 aromatic heterocycles. The molecule has 1 saturated carbocycles. The maximum atomic E-state index is 16.8. The van der Waals surface area contributed by atoms with Gasteiger partial charge in [-0.25, -0.2) is 17.6 Å². The summed E-state index contributed by atoms with van der Waals surface area (Å²) in [6, 6.07) is 2.85. The molecule has 1 aliphatic carbocycles. The van der Waals surface area contributed by atoms with E-state index in [9.17, 15) is 8.78 Å². The van der Waals surface area contributed by atoms with E-state index in [1.165, 1.54) is 6.07 Å². The van der Waals surface area contributed by atoms with Gasteiger partial charge in [0.15, 0.2) is 5.82 Å². The molecule has 4 aromatic rings. The Labute approximate surface area is 257 Å². The largest absolute Gasteiger partial charge is 0.463 e. The first-order chi connectivity index (χ1) is 20.7. The van der Waals surface area contributed by atoms with E-state index in [0.29, 0.717) is 46.1 Å². The number of ether oxygens (including phenoxy) is 1. The molecule has 3 fully saturated rings. The standard InChI is InChI=1S/C31H34ClF4N7O/c1-15-19(32)9-21-23(16(2)40-41-21)22(15)24-20(33)8-18-26(25(24)34)37-28(44-14-30(13-42(4)5)11-31(30,35)36)38-27(18)43-10-17-6-7-29(3,12-43)39-17/h8-9,17,39H,6-7,10-14H2,1-5H3,(H,40,41)/t17-,29-,30+/m1/s1. The van der Waals surface area contributed by atoms with Crippen molar-refractivity contribution >= 4 is 39.2 Å². The van der Waals surface area contributed by atoms with Crippen molar-refractivity contribution in [3.8, 4) is 17.1 Å². The van der Waals surface area contributed by atoms with E-state index in [1.807, 2.05) is 4.90 Å². The van der Waals surface area contributed by atoms with E-state index >= 15 is 8.78 Å². The summed E-state index contributed by atoms with van der Waals surface area (Å²) >= 11 is 6.50. The van der Waals surface area contributed by atoms with Crippen molar-refractivity contribution in [2.24, 2.45) is 5.41 Å². The molecule has 8 nitrogen and oxygen atoms in total. The van der Waals surface area contributed by atoms with Gasteiger partial charge in [-0.05, 0) is 65.4 Å². The number of hydrogen-bond donors (Lipinski definition) is 2. The first-order valence-electron chi connectivity index (χ1n) is 14.7. The number of aryl methyl sites for hydroxylation is 1. The number of fused-ring (bicyclic) bond motifs is 4. The second kappa shape index (κ2) is 9.89. The van der Waals surface area contributed by atoms with E-state index in [-0.39, 0.29) is 59.2 Å². The van der Waals surface area contributed by atoms with Crippen LogP contribution in [0.25, 0.3) is 32.9 Å². The fraction of sp³-hybridized carbons (Fsp3) is 0.516. The fourth-order valence-corrected chi connectivity index (χ4v) is 7.48. The van der Waals surface area contributed by atoms with Gasteiger partial charge in [-0.3, -0.25) is 5.10 Å². The summed E-state index contributed by atoms with van der Waals surface area (Å²) in [5.41, 5.74) is -0.197. The number of piperazine rings is 1. The van der Waals surface area contributed by atoms with Gasteiger partial charge in [-0.2, -0.15) is 15.1 Å². The number of hydrogen-bond acceptors (Lipinski definition) is 7. The van der Waals surface area contributed by atoms with Crippen LogP contribution in [-0.4, -0.2) is 82.9 Å². The number of benzene rings is 2. The number of nitrogens with zero attached hydrogens (tertiary/aromatic N) is 5. The van der Waals surface area contributed by atoms with Gasteiger partial charge >= 0.3 is 6.01 Å². The summed E-state index contributed by atoms with van der Waals surface area (Å²) < 4.78 is 68.0. The minimum atomic E-state index is -2.90. The summed E-state index contributed by atoms with van der Waals surface area (Å²) in [5.74, 6) is -4.30. The van der Waals surface area contributed by atoms with Crippen molar-refractivity contribution in [3.05, 3.63) is 40.0 Å². The Morgan fingerprint density at radius 1 is 1.16 bits per heavy atom. The van der Waals surface area contributed by atoms with E-state index in [4.69, 9.17) is 16.3 Å². The molecule has 0 spiro atoms. The molecular weight excluding hydrogens is 598 g/mol. The summed E-state index contributed by atoms with van der Waals surface area (Å²) in [5, 5.41) is 11.8. The van der Waals surface area contributed by atoms with Crippen molar-refractivity contribution in [2.45, 2.75) is 57.5 Å². The number of nitrogens with one attached hydrogen (secondary N) is 2. The third kappa shape index (κ3) is 4.59. The van der Waals surface area contributed by atoms with Crippen LogP contribution in [0.1, 0.15) is 37.4 Å². The molecule has 2 N–H and O–H groups in total. The summed E-state index contributed by atoms with van der Waals surface area (Å²) in [6.45, 7) is 6.45. The second-order valence-corrected chi connectivity index (χ2v) is 13.8. The van der Waals surface area contributed by atoms with Gasteiger partial charge < -0.3 is 19.9 Å². The SMILES string of the molecule is Cc1c(Cl)cc2n[nH]c(C)c2c1-c1c(F)cc2c(N3C[C@H]4CC[C@](C)(C3)N4)nc(OC[C@@]3(CN(C)C)CC3(F)F)nc2c1F. The molecule has 234 valence electrons. The van der Waals surface area contributed by atoms with Crippen LogP contribution < -0.4 is 15.0 Å². The zero-order chi connectivity index (χ0) is 31.3. The molecule has 2 bridgehead atoms. The van der Waals surface area contributed by atoms with Crippen LogP contribution in [0.3, 0.4) is 0 Å². The molecular formula is C31H34ClF4N7O. The maximum absolute atomic E-state index is 16.8. The maximum Gasteiger partial charge on any atom is 0.319 e.